The van der Waals surface area contributed by atoms with Crippen molar-refractivity contribution < 1.29 is 4.39 Å². The molecule has 0 radical (unpaired) electrons. The summed E-state index contributed by atoms with van der Waals surface area (Å²) in [5, 5.41) is 3.32. The predicted molar refractivity (Wildman–Crippen MR) is 102 cm³/mol. The van der Waals surface area contributed by atoms with E-state index in [2.05, 4.69) is 31.3 Å². The third-order valence-electron chi connectivity index (χ3n) is 4.56. The van der Waals surface area contributed by atoms with Gasteiger partial charge in [-0.05, 0) is 35.9 Å². The van der Waals surface area contributed by atoms with Gasteiger partial charge in [0.25, 0.3) is 0 Å². The van der Waals surface area contributed by atoms with Gasteiger partial charge in [0, 0.05) is 23.8 Å². The number of imidazole rings is 1. The van der Waals surface area contributed by atoms with Gasteiger partial charge in [-0.15, -0.1) is 0 Å². The fourth-order valence-corrected chi connectivity index (χ4v) is 3.35. The van der Waals surface area contributed by atoms with E-state index in [0.29, 0.717) is 23.6 Å². The topological polar surface area (TPSA) is 70.9 Å². The van der Waals surface area contributed by atoms with E-state index in [-0.39, 0.29) is 5.82 Å². The van der Waals surface area contributed by atoms with Crippen LogP contribution >= 0.6 is 0 Å². The van der Waals surface area contributed by atoms with E-state index in [4.69, 9.17) is 0 Å². The Morgan fingerprint density at radius 2 is 1.93 bits per heavy atom. The fourth-order valence-electron chi connectivity index (χ4n) is 3.35. The summed E-state index contributed by atoms with van der Waals surface area (Å²) in [5.41, 5.74) is 4.71. The molecule has 0 aliphatic rings. The minimum absolute atomic E-state index is 0.249. The van der Waals surface area contributed by atoms with Crippen molar-refractivity contribution in [3.8, 4) is 11.3 Å². The average molecular weight is 358 g/mol. The summed E-state index contributed by atoms with van der Waals surface area (Å²) in [4.78, 5) is 15.6. The van der Waals surface area contributed by atoms with Gasteiger partial charge in [0.05, 0.1) is 12.0 Å². The summed E-state index contributed by atoms with van der Waals surface area (Å²) >= 11 is 0. The molecule has 0 amide bonds. The number of benzene rings is 1. The molecule has 0 saturated carbocycles. The molecule has 0 bridgehead atoms. The molecule has 6 nitrogen and oxygen atoms in total. The second kappa shape index (κ2) is 6.21. The van der Waals surface area contributed by atoms with Crippen molar-refractivity contribution in [1.29, 1.82) is 0 Å². The van der Waals surface area contributed by atoms with Crippen LogP contribution in [0.3, 0.4) is 0 Å². The van der Waals surface area contributed by atoms with Crippen molar-refractivity contribution in [2.75, 3.05) is 5.32 Å². The summed E-state index contributed by atoms with van der Waals surface area (Å²) in [6.07, 6.45) is 5.00. The molecule has 0 saturated heterocycles. The monoisotopic (exact) mass is 358 g/mol. The lowest BCUT2D eigenvalue weighted by Gasteiger charge is -2.10. The second-order valence-corrected chi connectivity index (χ2v) is 6.17. The van der Waals surface area contributed by atoms with Gasteiger partial charge in [-0.3, -0.25) is 0 Å². The molecule has 2 N–H and O–H groups in total. The van der Waals surface area contributed by atoms with Crippen LogP contribution in [-0.4, -0.2) is 24.3 Å². The SMILES string of the molecule is Fc1ccccc1-c1c(CNc2ncnc3nc[nH]c23)cc2ccccn12. The zero-order valence-corrected chi connectivity index (χ0v) is 14.2. The normalized spacial score (nSPS) is 11.3. The number of nitrogens with zero attached hydrogens (tertiary/aromatic N) is 4. The Hall–Kier alpha value is -3.74. The molecule has 0 spiro atoms. The van der Waals surface area contributed by atoms with Gasteiger partial charge < -0.3 is 14.7 Å². The quantitative estimate of drug-likeness (QED) is 0.509. The van der Waals surface area contributed by atoms with Gasteiger partial charge in [0.15, 0.2) is 11.5 Å². The van der Waals surface area contributed by atoms with Crippen LogP contribution in [0.1, 0.15) is 5.56 Å². The van der Waals surface area contributed by atoms with E-state index >= 15 is 0 Å². The molecule has 4 aromatic heterocycles. The van der Waals surface area contributed by atoms with E-state index in [1.165, 1.54) is 12.4 Å². The summed E-state index contributed by atoms with van der Waals surface area (Å²) in [7, 11) is 0. The van der Waals surface area contributed by atoms with E-state index < -0.39 is 0 Å². The highest BCUT2D eigenvalue weighted by Gasteiger charge is 2.16. The Kier molecular flexibility index (Phi) is 3.57. The maximum absolute atomic E-state index is 14.5. The van der Waals surface area contributed by atoms with Crippen LogP contribution in [-0.2, 0) is 6.54 Å². The van der Waals surface area contributed by atoms with Gasteiger partial charge in [0.2, 0.25) is 0 Å². The molecule has 0 fully saturated rings. The number of hydrogen-bond donors (Lipinski definition) is 2. The highest BCUT2D eigenvalue weighted by Crippen LogP contribution is 2.30. The number of anilines is 1. The van der Waals surface area contributed by atoms with E-state index in [9.17, 15) is 4.39 Å². The molecule has 0 aliphatic heterocycles. The number of fused-ring (bicyclic) bond motifs is 2. The molecule has 4 heterocycles. The standard InChI is InChI=1S/C20H15FN6/c21-16-7-2-1-6-15(16)18-13(9-14-5-3-4-8-27(14)18)10-22-19-17-20(24-11-23-17)26-12-25-19/h1-9,11-12H,10H2,(H2,22,23,24,25,26). The Labute approximate surface area is 153 Å². The Balaban J connectivity index is 1.60. The number of hydrogen-bond acceptors (Lipinski definition) is 4. The Morgan fingerprint density at radius 1 is 1.04 bits per heavy atom. The van der Waals surface area contributed by atoms with Crippen LogP contribution in [0.15, 0.2) is 67.4 Å². The molecule has 7 heteroatoms. The van der Waals surface area contributed by atoms with E-state index in [1.54, 1.807) is 18.5 Å². The van der Waals surface area contributed by atoms with Crippen LogP contribution in [0.5, 0.6) is 0 Å². The van der Waals surface area contributed by atoms with Crippen molar-refractivity contribution in [2.24, 2.45) is 0 Å². The molecule has 5 rings (SSSR count). The van der Waals surface area contributed by atoms with Crippen molar-refractivity contribution >= 4 is 22.5 Å². The van der Waals surface area contributed by atoms with Gasteiger partial charge in [-0.25, -0.2) is 19.3 Å². The molecule has 0 aliphatic carbocycles. The summed E-state index contributed by atoms with van der Waals surface area (Å²) in [6.45, 7) is 0.483. The molecule has 0 atom stereocenters. The van der Waals surface area contributed by atoms with Crippen LogP contribution in [0, 0.1) is 5.82 Å². The first-order valence-electron chi connectivity index (χ1n) is 8.53. The fraction of sp³-hybridized carbons (Fsp3) is 0.0500. The number of H-pyrrole nitrogens is 1. The molecule has 27 heavy (non-hydrogen) atoms. The number of aromatic amines is 1. The van der Waals surface area contributed by atoms with Gasteiger partial charge in [0.1, 0.15) is 17.7 Å². The highest BCUT2D eigenvalue weighted by atomic mass is 19.1. The zero-order valence-electron chi connectivity index (χ0n) is 14.2. The maximum Gasteiger partial charge on any atom is 0.182 e. The van der Waals surface area contributed by atoms with Crippen LogP contribution in [0.4, 0.5) is 10.2 Å². The summed E-state index contributed by atoms with van der Waals surface area (Å²) in [6, 6.07) is 14.8. The van der Waals surface area contributed by atoms with Crippen LogP contribution in [0.2, 0.25) is 0 Å². The van der Waals surface area contributed by atoms with Crippen molar-refractivity contribution in [2.45, 2.75) is 6.54 Å². The average Bonchev–Trinajstić information content (AvgIpc) is 3.31. The van der Waals surface area contributed by atoms with Crippen LogP contribution < -0.4 is 5.32 Å². The third kappa shape index (κ3) is 2.60. The minimum atomic E-state index is -0.249. The first-order chi connectivity index (χ1) is 13.3. The number of aromatic nitrogens is 5. The molecule has 5 aromatic rings. The lowest BCUT2D eigenvalue weighted by Crippen LogP contribution is -2.04. The largest absolute Gasteiger partial charge is 0.364 e. The Morgan fingerprint density at radius 3 is 2.85 bits per heavy atom. The highest BCUT2D eigenvalue weighted by molar-refractivity contribution is 5.82. The minimum Gasteiger partial charge on any atom is -0.364 e. The number of halogens is 1. The smallest absolute Gasteiger partial charge is 0.182 e. The van der Waals surface area contributed by atoms with Gasteiger partial charge in [-0.2, -0.15) is 0 Å². The molecule has 1 aromatic carbocycles. The first kappa shape index (κ1) is 15.5. The van der Waals surface area contributed by atoms with Crippen molar-refractivity contribution in [1.82, 2.24) is 24.3 Å². The summed E-state index contributed by atoms with van der Waals surface area (Å²) < 4.78 is 16.5. The van der Waals surface area contributed by atoms with Gasteiger partial charge in [-0.1, -0.05) is 18.2 Å². The van der Waals surface area contributed by atoms with E-state index in [1.807, 2.05) is 34.9 Å². The first-order valence-corrected chi connectivity index (χ1v) is 8.53. The zero-order chi connectivity index (χ0) is 18.2. The summed E-state index contributed by atoms with van der Waals surface area (Å²) in [5.74, 6) is 0.410. The van der Waals surface area contributed by atoms with Crippen LogP contribution in [0.25, 0.3) is 27.9 Å². The van der Waals surface area contributed by atoms with Gasteiger partial charge >= 0.3 is 0 Å². The number of nitrogens with one attached hydrogen (secondary N) is 2. The number of pyridine rings is 1. The number of rotatable bonds is 4. The third-order valence-corrected chi connectivity index (χ3v) is 4.56. The molecular formula is C20H15FN6. The lowest BCUT2D eigenvalue weighted by atomic mass is 10.1. The maximum atomic E-state index is 14.5. The van der Waals surface area contributed by atoms with Crippen molar-refractivity contribution in [3.63, 3.8) is 0 Å². The molecule has 0 unspecified atom stereocenters. The predicted octanol–water partition coefficient (Wildman–Crippen LogP) is 4.02. The van der Waals surface area contributed by atoms with E-state index in [0.717, 1.165) is 22.3 Å². The second-order valence-electron chi connectivity index (χ2n) is 6.17. The molecule has 132 valence electrons. The lowest BCUT2D eigenvalue weighted by molar-refractivity contribution is 0.630. The Bertz CT molecular complexity index is 1260. The van der Waals surface area contributed by atoms with Crippen molar-refractivity contribution in [3.05, 3.63) is 78.8 Å². The molecular weight excluding hydrogens is 343 g/mol.